The molecule has 24 heavy (non-hydrogen) atoms. The van der Waals surface area contributed by atoms with Gasteiger partial charge in [-0.05, 0) is 31.4 Å². The lowest BCUT2D eigenvalue weighted by Gasteiger charge is -2.36. The fraction of sp³-hybridized carbons (Fsp3) is 0.474. The zero-order valence-corrected chi connectivity index (χ0v) is 14.7. The average Bonchev–Trinajstić information content (AvgIpc) is 3.05. The first kappa shape index (κ1) is 15.8. The lowest BCUT2D eigenvalue weighted by molar-refractivity contribution is -0.137. The first-order chi connectivity index (χ1) is 11.8. The summed E-state index contributed by atoms with van der Waals surface area (Å²) in [5.41, 5.74) is 1.09. The van der Waals surface area contributed by atoms with E-state index in [0.29, 0.717) is 5.91 Å². The number of aromatic nitrogens is 1. The van der Waals surface area contributed by atoms with Gasteiger partial charge in [-0.1, -0.05) is 24.3 Å². The molecule has 0 radical (unpaired) electrons. The maximum Gasteiger partial charge on any atom is 0.226 e. The molecule has 0 saturated carbocycles. The fourth-order valence-corrected chi connectivity index (χ4v) is 4.59. The van der Waals surface area contributed by atoms with E-state index in [1.807, 2.05) is 6.07 Å². The highest BCUT2D eigenvalue weighted by molar-refractivity contribution is 7.18. The summed E-state index contributed by atoms with van der Waals surface area (Å²) in [6, 6.07) is 8.31. The molecule has 0 spiro atoms. The van der Waals surface area contributed by atoms with Gasteiger partial charge in [-0.2, -0.15) is 0 Å². The second-order valence-corrected chi connectivity index (χ2v) is 7.77. The minimum absolute atomic E-state index is 0.214. The number of carbonyl (C=O) groups excluding carboxylic acids is 1. The zero-order chi connectivity index (χ0) is 16.4. The number of para-hydroxylation sites is 1. The van der Waals surface area contributed by atoms with Crippen molar-refractivity contribution in [3.8, 4) is 0 Å². The molecule has 1 amide bonds. The Balaban J connectivity index is 1.32. The molecule has 1 unspecified atom stereocenters. The molecule has 0 N–H and O–H groups in total. The smallest absolute Gasteiger partial charge is 0.226 e. The quantitative estimate of drug-likeness (QED) is 0.804. The number of carbonyl (C=O) groups is 1. The van der Waals surface area contributed by atoms with Gasteiger partial charge in [0, 0.05) is 32.1 Å². The van der Waals surface area contributed by atoms with E-state index < -0.39 is 0 Å². The number of hydrogen-bond donors (Lipinski definition) is 0. The molecule has 4 rings (SSSR count). The van der Waals surface area contributed by atoms with Crippen LogP contribution < -0.4 is 0 Å². The third-order valence-electron chi connectivity index (χ3n) is 5.00. The van der Waals surface area contributed by atoms with Crippen molar-refractivity contribution in [3.05, 3.63) is 41.4 Å². The summed E-state index contributed by atoms with van der Waals surface area (Å²) in [5.74, 6) is 0.574. The predicted octanol–water partition coefficient (Wildman–Crippen LogP) is 3.30. The first-order valence-electron chi connectivity index (χ1n) is 8.80. The summed E-state index contributed by atoms with van der Waals surface area (Å²) in [4.78, 5) is 21.8. The Hall–Kier alpha value is -1.72. The van der Waals surface area contributed by atoms with Gasteiger partial charge in [0.2, 0.25) is 5.91 Å². The van der Waals surface area contributed by atoms with Gasteiger partial charge in [0.1, 0.15) is 5.01 Å². The van der Waals surface area contributed by atoms with Gasteiger partial charge >= 0.3 is 0 Å². The summed E-state index contributed by atoms with van der Waals surface area (Å²) >= 11 is 1.78. The second-order valence-electron chi connectivity index (χ2n) is 6.66. The summed E-state index contributed by atoms with van der Waals surface area (Å²) < 4.78 is 1.26. The number of thiazole rings is 1. The van der Waals surface area contributed by atoms with Crippen LogP contribution >= 0.6 is 11.3 Å². The highest BCUT2D eigenvalue weighted by atomic mass is 32.1. The molecule has 126 valence electrons. The van der Waals surface area contributed by atoms with Crippen molar-refractivity contribution in [2.24, 2.45) is 5.92 Å². The van der Waals surface area contributed by atoms with Crippen LogP contribution in [0.4, 0.5) is 0 Å². The highest BCUT2D eigenvalue weighted by Gasteiger charge is 2.27. The molecule has 0 bridgehead atoms. The zero-order valence-electron chi connectivity index (χ0n) is 13.9. The van der Waals surface area contributed by atoms with Crippen molar-refractivity contribution in [3.63, 3.8) is 0 Å². The van der Waals surface area contributed by atoms with Crippen LogP contribution in [0.3, 0.4) is 0 Å². The highest BCUT2D eigenvalue weighted by Crippen LogP contribution is 2.24. The Labute approximate surface area is 146 Å². The Kier molecular flexibility index (Phi) is 4.63. The minimum atomic E-state index is 0.214. The van der Waals surface area contributed by atoms with E-state index in [1.165, 1.54) is 9.71 Å². The van der Waals surface area contributed by atoms with Gasteiger partial charge in [-0.25, -0.2) is 4.98 Å². The number of piperazine rings is 1. The van der Waals surface area contributed by atoms with E-state index in [1.54, 1.807) is 11.3 Å². The normalized spacial score (nSPS) is 22.2. The van der Waals surface area contributed by atoms with Crippen LogP contribution in [0.1, 0.15) is 24.3 Å². The first-order valence-corrected chi connectivity index (χ1v) is 9.62. The summed E-state index contributed by atoms with van der Waals surface area (Å²) in [6.07, 6.45) is 7.34. The SMILES string of the molecule is O=C(C1CC=CCC1)N1CCN(Cc2nc3ccccc3s2)CC1. The molecule has 1 aliphatic carbocycles. The molecular weight excluding hydrogens is 318 g/mol. The molecule has 1 fully saturated rings. The van der Waals surface area contributed by atoms with Crippen molar-refractivity contribution >= 4 is 27.5 Å². The van der Waals surface area contributed by atoms with E-state index in [4.69, 9.17) is 4.98 Å². The van der Waals surface area contributed by atoms with Crippen molar-refractivity contribution in [2.45, 2.75) is 25.8 Å². The molecule has 1 atom stereocenters. The van der Waals surface area contributed by atoms with E-state index in [2.05, 4.69) is 40.2 Å². The van der Waals surface area contributed by atoms with Gasteiger partial charge in [0.25, 0.3) is 0 Å². The van der Waals surface area contributed by atoms with Crippen molar-refractivity contribution < 1.29 is 4.79 Å². The Morgan fingerprint density at radius 2 is 2.00 bits per heavy atom. The number of hydrogen-bond acceptors (Lipinski definition) is 4. The monoisotopic (exact) mass is 341 g/mol. The summed E-state index contributed by atoms with van der Waals surface area (Å²) in [5, 5.41) is 1.17. The van der Waals surface area contributed by atoms with Gasteiger partial charge in [0.15, 0.2) is 0 Å². The molecule has 1 aromatic carbocycles. The van der Waals surface area contributed by atoms with Crippen LogP contribution in [-0.4, -0.2) is 46.9 Å². The van der Waals surface area contributed by atoms with Crippen LogP contribution in [0.2, 0.25) is 0 Å². The van der Waals surface area contributed by atoms with Crippen LogP contribution in [0, 0.1) is 5.92 Å². The average molecular weight is 341 g/mol. The van der Waals surface area contributed by atoms with Gasteiger partial charge in [0.05, 0.1) is 16.8 Å². The number of rotatable bonds is 3. The molecule has 2 heterocycles. The molecule has 1 aliphatic heterocycles. The minimum Gasteiger partial charge on any atom is -0.340 e. The maximum absolute atomic E-state index is 12.6. The van der Waals surface area contributed by atoms with Crippen molar-refractivity contribution in [1.29, 1.82) is 0 Å². The van der Waals surface area contributed by atoms with Gasteiger partial charge in [-0.3, -0.25) is 9.69 Å². The topological polar surface area (TPSA) is 36.4 Å². The van der Waals surface area contributed by atoms with Crippen molar-refractivity contribution in [1.82, 2.24) is 14.8 Å². The number of amides is 1. The fourth-order valence-electron chi connectivity index (χ4n) is 3.58. The Morgan fingerprint density at radius 1 is 1.17 bits per heavy atom. The second kappa shape index (κ2) is 7.03. The Bertz CT molecular complexity index is 713. The lowest BCUT2D eigenvalue weighted by atomic mass is 9.93. The number of fused-ring (bicyclic) bond motifs is 1. The predicted molar refractivity (Wildman–Crippen MR) is 98.0 cm³/mol. The Morgan fingerprint density at radius 3 is 2.75 bits per heavy atom. The molecule has 2 aliphatic rings. The van der Waals surface area contributed by atoms with Crippen LogP contribution in [0.15, 0.2) is 36.4 Å². The number of nitrogens with zero attached hydrogens (tertiary/aromatic N) is 3. The largest absolute Gasteiger partial charge is 0.340 e. The summed E-state index contributed by atoms with van der Waals surface area (Å²) in [7, 11) is 0. The van der Waals surface area contributed by atoms with Gasteiger partial charge in [-0.15, -0.1) is 11.3 Å². The third-order valence-corrected chi connectivity index (χ3v) is 6.02. The van der Waals surface area contributed by atoms with Crippen LogP contribution in [0.5, 0.6) is 0 Å². The third kappa shape index (κ3) is 3.37. The molecule has 2 aromatic rings. The summed E-state index contributed by atoms with van der Waals surface area (Å²) in [6.45, 7) is 4.50. The van der Waals surface area contributed by atoms with Crippen LogP contribution in [0.25, 0.3) is 10.2 Å². The van der Waals surface area contributed by atoms with E-state index in [0.717, 1.165) is 57.5 Å². The molecule has 5 heteroatoms. The van der Waals surface area contributed by atoms with Gasteiger partial charge < -0.3 is 4.90 Å². The van der Waals surface area contributed by atoms with E-state index in [-0.39, 0.29) is 5.92 Å². The molecule has 1 saturated heterocycles. The molecule has 1 aromatic heterocycles. The van der Waals surface area contributed by atoms with Crippen molar-refractivity contribution in [2.75, 3.05) is 26.2 Å². The maximum atomic E-state index is 12.6. The van der Waals surface area contributed by atoms with E-state index in [9.17, 15) is 4.79 Å². The molecular formula is C19H23N3OS. The molecule has 4 nitrogen and oxygen atoms in total. The van der Waals surface area contributed by atoms with E-state index >= 15 is 0 Å². The van der Waals surface area contributed by atoms with Crippen LogP contribution in [-0.2, 0) is 11.3 Å². The number of allylic oxidation sites excluding steroid dienone is 2. The standard InChI is InChI=1S/C19H23N3OS/c23-19(15-6-2-1-3-7-15)22-12-10-21(11-13-22)14-18-20-16-8-4-5-9-17(16)24-18/h1-2,4-5,8-9,15H,3,6-7,10-14H2. The lowest BCUT2D eigenvalue weighted by Crippen LogP contribution is -2.50. The number of benzene rings is 1.